The Kier molecular flexibility index (Phi) is 18.3. The second-order valence-corrected chi connectivity index (χ2v) is 0.962. The van der Waals surface area contributed by atoms with Crippen molar-refractivity contribution in [2.75, 3.05) is 13.3 Å². The minimum Gasteiger partial charge on any atom is -0.388 e. The monoisotopic (exact) mass is 378 g/mol. The van der Waals surface area contributed by atoms with Gasteiger partial charge in [0.2, 0.25) is 0 Å². The molecule has 0 atom stereocenters. The van der Waals surface area contributed by atoms with Gasteiger partial charge in [0.05, 0.1) is 0 Å². The van der Waals surface area contributed by atoms with Crippen molar-refractivity contribution >= 4 is 0 Å². The summed E-state index contributed by atoms with van der Waals surface area (Å²) in [5.41, 5.74) is 0. The van der Waals surface area contributed by atoms with Crippen LogP contribution in [0, 0.1) is 7.43 Å². The Labute approximate surface area is 42.0 Å². The minimum atomic E-state index is -1.40. The van der Waals surface area contributed by atoms with Crippen molar-refractivity contribution in [3.05, 3.63) is 7.43 Å². The number of hydrogen-bond donors (Lipinski definition) is 1. The molecule has 0 aliphatic heterocycles. The maximum Gasteiger partial charge on any atom is 0.118 e. The van der Waals surface area contributed by atoms with Gasteiger partial charge in [-0.05, 0) is 0 Å². The molecule has 0 heterocycles. The molecule has 4 heteroatoms. The van der Waals surface area contributed by atoms with Crippen LogP contribution in [-0.4, -0.2) is 24.6 Å². The van der Waals surface area contributed by atoms with Crippen LogP contribution in [0.15, 0.2) is 0 Å². The zero-order valence-corrected chi connectivity index (χ0v) is 11.3. The topological polar surface area (TPSA) is 20.2 Å². The predicted octanol–water partition coefficient (Wildman–Crippen LogP) is 0.737. The van der Waals surface area contributed by atoms with Crippen molar-refractivity contribution in [3.63, 3.8) is 0 Å². The van der Waals surface area contributed by atoms with Gasteiger partial charge < -0.3 is 12.5 Å². The third-order valence-corrected chi connectivity index (χ3v) is 0.356. The van der Waals surface area contributed by atoms with Crippen LogP contribution in [0.4, 0.5) is 8.78 Å². The van der Waals surface area contributed by atoms with E-state index in [1.807, 2.05) is 0 Å². The number of alkyl halides is 2. The fourth-order valence-corrected chi connectivity index (χ4v) is 0.0412. The van der Waals surface area contributed by atoms with Gasteiger partial charge in [0, 0.05) is 0 Å². The van der Waals surface area contributed by atoms with Crippen molar-refractivity contribution in [2.45, 2.75) is 6.10 Å². The van der Waals surface area contributed by atoms with Crippen LogP contribution in [-0.2, 0) is 0 Å². The maximum atomic E-state index is 10.9. The van der Waals surface area contributed by atoms with E-state index in [4.69, 9.17) is 5.11 Å². The van der Waals surface area contributed by atoms with Gasteiger partial charge in [-0.1, -0.05) is 0 Å². The standard InChI is InChI=1S/C3H6F2O.CH3.Rf/c4-1-3(6)2-5;;/h3,6H,1-2H2;1H3;/q;-1;. The van der Waals surface area contributed by atoms with E-state index in [2.05, 4.69) is 0 Å². The van der Waals surface area contributed by atoms with Gasteiger partial charge in [-0.3, -0.25) is 0 Å². The van der Waals surface area contributed by atoms with Crippen molar-refractivity contribution in [1.29, 1.82) is 0 Å². The Hall–Kier alpha value is -1.18. The minimum absolute atomic E-state index is 0. The number of halogens is 2. The zero-order valence-electron chi connectivity index (χ0n) is 4.90. The molecule has 0 saturated carbocycles. The van der Waals surface area contributed by atoms with Gasteiger partial charge in [0.15, 0.2) is 0 Å². The van der Waals surface area contributed by atoms with Crippen molar-refractivity contribution in [3.8, 4) is 0 Å². The molecule has 0 aromatic heterocycles. The fraction of sp³-hybridized carbons (Fsp3) is 0.750. The van der Waals surface area contributed by atoms with Crippen molar-refractivity contribution in [2.24, 2.45) is 0 Å². The molecule has 0 bridgehead atoms. The van der Waals surface area contributed by atoms with Gasteiger partial charge >= 0.3 is 0 Å². The van der Waals surface area contributed by atoms with Gasteiger partial charge in [-0.2, -0.15) is 0 Å². The Morgan fingerprint density at radius 2 is 1.50 bits per heavy atom. The molecule has 0 unspecified atom stereocenters. The first kappa shape index (κ1) is 15.8. The van der Waals surface area contributed by atoms with Crippen LogP contribution in [0.1, 0.15) is 0 Å². The summed E-state index contributed by atoms with van der Waals surface area (Å²) in [5.74, 6) is 0. The third kappa shape index (κ3) is 8.84. The summed E-state index contributed by atoms with van der Waals surface area (Å²) in [6.07, 6.45) is -1.40. The number of rotatable bonds is 2. The third-order valence-electron chi connectivity index (χ3n) is 0.356. The van der Waals surface area contributed by atoms with Gasteiger partial charge in [-0.15, -0.1) is 0 Å². The largest absolute Gasteiger partial charge is 0.388 e. The van der Waals surface area contributed by atoms with Crippen LogP contribution in [0.2, 0.25) is 0 Å². The molecular weight excluding hydrogens is 369 g/mol. The zero-order chi connectivity index (χ0) is 4.99. The molecule has 0 aromatic rings. The molecule has 48 valence electrons. The Balaban J connectivity index is -0.000000125. The smallest absolute Gasteiger partial charge is 0.118 e. The maximum absolute atomic E-state index is 10.9. The first-order valence-electron chi connectivity index (χ1n) is 1.61. The molecule has 8 heavy (non-hydrogen) atoms. The van der Waals surface area contributed by atoms with E-state index in [1.54, 1.807) is 0 Å². The Bertz CT molecular complexity index is 33.2. The van der Waals surface area contributed by atoms with Crippen LogP contribution in [0.3, 0.4) is 0 Å². The van der Waals surface area contributed by atoms with Gasteiger partial charge in [-0.25, -0.2) is 8.78 Å². The van der Waals surface area contributed by atoms with E-state index in [0.29, 0.717) is 0 Å². The molecule has 0 aliphatic carbocycles. The number of aliphatic hydroxyl groups excluding tert-OH is 1. The van der Waals surface area contributed by atoms with E-state index in [0.717, 1.165) is 0 Å². The van der Waals surface area contributed by atoms with E-state index < -0.39 is 19.5 Å². The second kappa shape index (κ2) is 9.27. The Morgan fingerprint density at radius 3 is 1.50 bits per heavy atom. The van der Waals surface area contributed by atoms with Crippen LogP contribution in [0.5, 0.6) is 0 Å². The summed E-state index contributed by atoms with van der Waals surface area (Å²) in [5, 5.41) is 7.92. The van der Waals surface area contributed by atoms with Crippen LogP contribution >= 0.6 is 0 Å². The predicted molar refractivity (Wildman–Crippen MR) is 24.4 cm³/mol. The average Bonchev–Trinajstić information content (AvgIpc) is 1.65. The summed E-state index contributed by atoms with van der Waals surface area (Å²) >= 11 is 0. The number of hydrogen-bond acceptors (Lipinski definition) is 1. The molecule has 0 spiro atoms. The van der Waals surface area contributed by atoms with E-state index >= 15 is 0 Å². The molecule has 0 fully saturated rings. The molecule has 1 N–H and O–H groups in total. The van der Waals surface area contributed by atoms with E-state index in [1.165, 1.54) is 0 Å². The normalized spacial score (nSPS) is 7.50. The second-order valence-electron chi connectivity index (χ2n) is 0.962. The molecule has 1 nitrogen and oxygen atoms in total. The SMILES string of the molecule is OC(CF)CF.[CH3-].[Rf]. The first-order valence-corrected chi connectivity index (χ1v) is 1.61. The van der Waals surface area contributed by atoms with Crippen LogP contribution < -0.4 is 0 Å². The molecule has 0 saturated heterocycles. The van der Waals surface area contributed by atoms with E-state index in [-0.39, 0.29) is 7.43 Å². The van der Waals surface area contributed by atoms with Gasteiger partial charge in [0.1, 0.15) is 19.5 Å². The molecule has 0 amide bonds. The first-order chi connectivity index (χ1) is 2.81. The average molecular weight is 378 g/mol. The van der Waals surface area contributed by atoms with Crippen LogP contribution in [0.25, 0.3) is 0 Å². The summed E-state index contributed by atoms with van der Waals surface area (Å²) in [7, 11) is 0. The number of aliphatic hydroxyl groups is 1. The summed E-state index contributed by atoms with van der Waals surface area (Å²) in [6, 6.07) is 0. The molecule has 0 aromatic carbocycles. The molecule has 0 aliphatic rings. The Morgan fingerprint density at radius 1 is 1.25 bits per heavy atom. The van der Waals surface area contributed by atoms with Crippen molar-refractivity contribution in [1.82, 2.24) is 0 Å². The summed E-state index contributed by atoms with van der Waals surface area (Å²) in [6.45, 7) is -1.98. The summed E-state index contributed by atoms with van der Waals surface area (Å²) in [4.78, 5) is 0. The molecule has 0 rings (SSSR count). The van der Waals surface area contributed by atoms with E-state index in [9.17, 15) is 8.78 Å². The van der Waals surface area contributed by atoms with Crippen molar-refractivity contribution < 1.29 is 13.9 Å². The molecular formula is C4H9F2ORf-. The van der Waals surface area contributed by atoms with Gasteiger partial charge in [0.25, 0.3) is 0 Å². The molecule has 0 radical (unpaired) electrons. The fourth-order valence-electron chi connectivity index (χ4n) is 0.0412. The quantitative estimate of drug-likeness (QED) is 0.703. The summed E-state index contributed by atoms with van der Waals surface area (Å²) < 4.78 is 21.8.